The zero-order valence-corrected chi connectivity index (χ0v) is 14.1. The molecule has 1 heterocycles. The number of rotatable bonds is 3. The summed E-state index contributed by atoms with van der Waals surface area (Å²) in [5.74, 6) is 0.224. The molecule has 1 N–H and O–H groups in total. The van der Waals surface area contributed by atoms with Gasteiger partial charge in [-0.3, -0.25) is 19.3 Å². The van der Waals surface area contributed by atoms with Gasteiger partial charge in [0.25, 0.3) is 0 Å². The lowest BCUT2D eigenvalue weighted by Crippen LogP contribution is -2.40. The summed E-state index contributed by atoms with van der Waals surface area (Å²) in [6.07, 6.45) is 5.38. The molecule has 1 aromatic carbocycles. The number of carbonyl (C=O) groups excluding carboxylic acids is 3. The first kappa shape index (κ1) is 15.1. The second-order valence-electron chi connectivity index (χ2n) is 7.48. The van der Waals surface area contributed by atoms with Crippen molar-refractivity contribution in [1.82, 2.24) is 4.90 Å². The zero-order chi connectivity index (χ0) is 17.3. The highest BCUT2D eigenvalue weighted by atomic mass is 35.5. The molecule has 5 aliphatic rings. The van der Waals surface area contributed by atoms with E-state index in [0.717, 1.165) is 11.3 Å². The molecule has 5 nitrogen and oxygen atoms in total. The van der Waals surface area contributed by atoms with Crippen molar-refractivity contribution >= 4 is 35.0 Å². The number of nitrogens with one attached hydrogen (secondary N) is 1. The highest BCUT2D eigenvalue weighted by Crippen LogP contribution is 2.65. The fourth-order valence-corrected chi connectivity index (χ4v) is 5.28. The van der Waals surface area contributed by atoms with Crippen molar-refractivity contribution in [2.45, 2.75) is 6.42 Å². The number of allylic oxidation sites excluding steroid dienone is 2. The average Bonchev–Trinajstić information content (AvgIpc) is 3.36. The quantitative estimate of drug-likeness (QED) is 0.667. The van der Waals surface area contributed by atoms with Crippen LogP contribution in [0, 0.1) is 35.5 Å². The van der Waals surface area contributed by atoms with Crippen molar-refractivity contribution in [3.63, 3.8) is 0 Å². The van der Waals surface area contributed by atoms with Crippen LogP contribution in [0.1, 0.15) is 6.42 Å². The number of carbonyl (C=O) groups is 3. The molecular weight excluding hydrogens is 340 g/mol. The van der Waals surface area contributed by atoms with E-state index < -0.39 is 0 Å². The van der Waals surface area contributed by atoms with Crippen LogP contribution in [0.15, 0.2) is 36.4 Å². The van der Waals surface area contributed by atoms with Crippen molar-refractivity contribution in [3.8, 4) is 0 Å². The van der Waals surface area contributed by atoms with E-state index in [9.17, 15) is 14.4 Å². The third-order valence-electron chi connectivity index (χ3n) is 6.16. The number of halogens is 1. The van der Waals surface area contributed by atoms with Gasteiger partial charge < -0.3 is 5.32 Å². The Morgan fingerprint density at radius 3 is 2.36 bits per heavy atom. The van der Waals surface area contributed by atoms with E-state index in [1.165, 1.54) is 0 Å². The highest BCUT2D eigenvalue weighted by molar-refractivity contribution is 6.30. The molecule has 1 aliphatic heterocycles. The molecule has 3 fully saturated rings. The third kappa shape index (κ3) is 2.18. The molecule has 1 saturated heterocycles. The second kappa shape index (κ2) is 5.18. The van der Waals surface area contributed by atoms with Crippen molar-refractivity contribution in [2.24, 2.45) is 35.5 Å². The Morgan fingerprint density at radius 1 is 1.12 bits per heavy atom. The van der Waals surface area contributed by atoms with E-state index in [0.29, 0.717) is 22.5 Å². The van der Waals surface area contributed by atoms with Crippen LogP contribution in [-0.4, -0.2) is 29.2 Å². The summed E-state index contributed by atoms with van der Waals surface area (Å²) in [4.78, 5) is 39.1. The monoisotopic (exact) mass is 356 g/mol. The van der Waals surface area contributed by atoms with Gasteiger partial charge in [-0.05, 0) is 48.3 Å². The van der Waals surface area contributed by atoms with Gasteiger partial charge in [-0.25, -0.2) is 0 Å². The maximum Gasteiger partial charge on any atom is 0.244 e. The van der Waals surface area contributed by atoms with Crippen LogP contribution in [0.4, 0.5) is 5.69 Å². The van der Waals surface area contributed by atoms with Crippen molar-refractivity contribution in [1.29, 1.82) is 0 Å². The van der Waals surface area contributed by atoms with Gasteiger partial charge in [0.1, 0.15) is 6.54 Å². The Kier molecular flexibility index (Phi) is 3.14. The Hall–Kier alpha value is -2.14. The summed E-state index contributed by atoms with van der Waals surface area (Å²) in [5.41, 5.74) is 0.553. The average molecular weight is 357 g/mol. The second-order valence-corrected chi connectivity index (χ2v) is 7.91. The van der Waals surface area contributed by atoms with Gasteiger partial charge in [0.2, 0.25) is 17.7 Å². The highest BCUT2D eigenvalue weighted by Gasteiger charge is 2.67. The first-order valence-electron chi connectivity index (χ1n) is 8.63. The van der Waals surface area contributed by atoms with Crippen molar-refractivity contribution in [2.75, 3.05) is 11.9 Å². The number of anilines is 1. The molecule has 2 saturated carbocycles. The Labute approximate surface area is 150 Å². The maximum absolute atomic E-state index is 12.8. The zero-order valence-electron chi connectivity index (χ0n) is 13.4. The van der Waals surface area contributed by atoms with E-state index in [2.05, 4.69) is 17.5 Å². The van der Waals surface area contributed by atoms with E-state index in [1.807, 2.05) is 0 Å². The molecule has 0 radical (unpaired) electrons. The molecule has 6 heteroatoms. The van der Waals surface area contributed by atoms with Crippen LogP contribution < -0.4 is 5.32 Å². The first-order chi connectivity index (χ1) is 12.0. The van der Waals surface area contributed by atoms with Crippen LogP contribution in [-0.2, 0) is 14.4 Å². The molecule has 1 aromatic rings. The third-order valence-corrected chi connectivity index (χ3v) is 6.40. The Balaban J connectivity index is 1.33. The van der Waals surface area contributed by atoms with Crippen molar-refractivity contribution in [3.05, 3.63) is 41.4 Å². The molecule has 6 atom stereocenters. The van der Waals surface area contributed by atoms with Gasteiger partial charge in [0, 0.05) is 10.7 Å². The number of hydrogen-bond acceptors (Lipinski definition) is 3. The smallest absolute Gasteiger partial charge is 0.244 e. The summed E-state index contributed by atoms with van der Waals surface area (Å²) in [5, 5.41) is 3.22. The summed E-state index contributed by atoms with van der Waals surface area (Å²) >= 11 is 5.91. The van der Waals surface area contributed by atoms with Gasteiger partial charge in [0.15, 0.2) is 0 Å². The van der Waals surface area contributed by atoms with Gasteiger partial charge in [-0.2, -0.15) is 0 Å². The molecule has 0 unspecified atom stereocenters. The van der Waals surface area contributed by atoms with Crippen LogP contribution in [0.3, 0.4) is 0 Å². The topological polar surface area (TPSA) is 66.5 Å². The SMILES string of the molecule is O=C(CN1C(=O)[C@@H]2[C@H]3C=C[C@@H]([C@@H]4C[C@@H]34)[C@@H]2C1=O)Nc1cccc(Cl)c1. The molecule has 0 spiro atoms. The number of likely N-dealkylation sites (tertiary alicyclic amines) is 1. The minimum absolute atomic E-state index is 0.178. The molecule has 25 heavy (non-hydrogen) atoms. The number of benzene rings is 1. The molecule has 0 aromatic heterocycles. The molecule has 4 aliphatic carbocycles. The van der Waals surface area contributed by atoms with E-state index in [4.69, 9.17) is 11.6 Å². The number of amides is 3. The molecule has 6 rings (SSSR count). The van der Waals surface area contributed by atoms with Gasteiger partial charge in [-0.15, -0.1) is 0 Å². The predicted molar refractivity (Wildman–Crippen MR) is 91.5 cm³/mol. The minimum Gasteiger partial charge on any atom is -0.324 e. The summed E-state index contributed by atoms with van der Waals surface area (Å²) in [7, 11) is 0. The molecule has 3 amide bonds. The number of nitrogens with zero attached hydrogens (tertiary/aromatic N) is 1. The summed E-state index contributed by atoms with van der Waals surface area (Å²) < 4.78 is 0. The van der Waals surface area contributed by atoms with Crippen LogP contribution in [0.5, 0.6) is 0 Å². The van der Waals surface area contributed by atoms with Crippen molar-refractivity contribution < 1.29 is 14.4 Å². The molecule has 2 bridgehead atoms. The van der Waals surface area contributed by atoms with Crippen LogP contribution >= 0.6 is 11.6 Å². The van der Waals surface area contributed by atoms with E-state index >= 15 is 0 Å². The van der Waals surface area contributed by atoms with Crippen LogP contribution in [0.25, 0.3) is 0 Å². The first-order valence-corrected chi connectivity index (χ1v) is 9.01. The lowest BCUT2D eigenvalue weighted by Gasteiger charge is -2.37. The minimum atomic E-state index is -0.381. The lowest BCUT2D eigenvalue weighted by atomic mass is 9.63. The molecular formula is C19H17ClN2O3. The van der Waals surface area contributed by atoms with E-state index in [-0.39, 0.29) is 47.9 Å². The summed E-state index contributed by atoms with van der Waals surface area (Å²) in [6, 6.07) is 6.79. The van der Waals surface area contributed by atoms with Gasteiger partial charge in [-0.1, -0.05) is 29.8 Å². The largest absolute Gasteiger partial charge is 0.324 e. The predicted octanol–water partition coefficient (Wildman–Crippen LogP) is 2.33. The van der Waals surface area contributed by atoms with Crippen LogP contribution in [0.2, 0.25) is 5.02 Å². The fraction of sp³-hybridized carbons (Fsp3) is 0.421. The number of imide groups is 1. The fourth-order valence-electron chi connectivity index (χ4n) is 5.08. The number of hydrogen-bond donors (Lipinski definition) is 1. The van der Waals surface area contributed by atoms with E-state index in [1.54, 1.807) is 24.3 Å². The Morgan fingerprint density at radius 2 is 1.76 bits per heavy atom. The normalized spacial score (nSPS) is 37.1. The Bertz CT molecular complexity index is 800. The molecule has 128 valence electrons. The lowest BCUT2D eigenvalue weighted by molar-refractivity contribution is -0.142. The standard InChI is InChI=1S/C19H17ClN2O3/c20-9-2-1-3-10(6-9)21-15(23)8-22-18(24)16-11-4-5-12(14-7-13(11)14)17(16)19(22)25/h1-6,11-14,16-17H,7-8H2,(H,21,23)/t11-,12-,13-,14-,16-,17+/m0/s1. The van der Waals surface area contributed by atoms with Gasteiger partial charge >= 0.3 is 0 Å². The summed E-state index contributed by atoms with van der Waals surface area (Å²) in [6.45, 7) is -0.230. The maximum atomic E-state index is 12.8. The van der Waals surface area contributed by atoms with Gasteiger partial charge in [0.05, 0.1) is 11.8 Å².